The number of carboxylic acid groups (broad SMARTS) is 2. The predicted molar refractivity (Wildman–Crippen MR) is 126 cm³/mol. The van der Waals surface area contributed by atoms with Crippen LogP contribution in [0.25, 0.3) is 32.3 Å². The van der Waals surface area contributed by atoms with E-state index in [9.17, 15) is 19.8 Å². The number of nitrogens with one attached hydrogen (secondary N) is 1. The quantitative estimate of drug-likeness (QED) is 0.393. The highest BCUT2D eigenvalue weighted by Crippen LogP contribution is 2.36. The van der Waals surface area contributed by atoms with Gasteiger partial charge in [-0.1, -0.05) is 72.8 Å². The van der Waals surface area contributed by atoms with Crippen LogP contribution in [0, 0.1) is 11.8 Å². The van der Waals surface area contributed by atoms with Gasteiger partial charge in [0.15, 0.2) is 0 Å². The van der Waals surface area contributed by atoms with Gasteiger partial charge in [-0.25, -0.2) is 4.79 Å². The summed E-state index contributed by atoms with van der Waals surface area (Å²) < 4.78 is 0. The summed E-state index contributed by atoms with van der Waals surface area (Å²) in [6.07, 6.45) is 4.58. The van der Waals surface area contributed by atoms with E-state index in [1.165, 1.54) is 21.5 Å². The summed E-state index contributed by atoms with van der Waals surface area (Å²) in [4.78, 5) is 23.5. The molecule has 4 aromatic carbocycles. The third-order valence-electron chi connectivity index (χ3n) is 6.57. The Bertz CT molecular complexity index is 1390. The van der Waals surface area contributed by atoms with Crippen LogP contribution in [-0.2, 0) is 16.0 Å². The van der Waals surface area contributed by atoms with Crippen LogP contribution in [0.2, 0.25) is 0 Å². The molecule has 1 heterocycles. The molecule has 3 N–H and O–H groups in total. The number of aliphatic carboxylic acids is 2. The maximum absolute atomic E-state index is 11.9. The molecular formula is C27H23NO4. The van der Waals surface area contributed by atoms with Gasteiger partial charge in [0.25, 0.3) is 0 Å². The molecule has 3 unspecified atom stereocenters. The average Bonchev–Trinajstić information content (AvgIpc) is 2.81. The maximum Gasteiger partial charge on any atom is 0.327 e. The fourth-order valence-electron chi connectivity index (χ4n) is 5.07. The van der Waals surface area contributed by atoms with Gasteiger partial charge in [0, 0.05) is 0 Å². The zero-order valence-electron chi connectivity index (χ0n) is 17.4. The Morgan fingerprint density at radius 2 is 1.53 bits per heavy atom. The first-order valence-electron chi connectivity index (χ1n) is 10.7. The standard InChI is InChI=1S/C27H23NO4/c29-26(30)24-17(13-14-28-25(24)27(31)32)9-10-19-15-18-6-2-3-7-20(18)22-12-11-16-5-1-4-8-21(16)23(19)22/h1-8,11-15,17,24-25,28H,9-10H2,(H,29,30)(H,31,32). The largest absolute Gasteiger partial charge is 0.481 e. The minimum atomic E-state index is -1.14. The third kappa shape index (κ3) is 3.36. The molecule has 0 fully saturated rings. The fourth-order valence-corrected chi connectivity index (χ4v) is 5.07. The highest BCUT2D eigenvalue weighted by atomic mass is 16.4. The van der Waals surface area contributed by atoms with Gasteiger partial charge in [-0.2, -0.15) is 0 Å². The topological polar surface area (TPSA) is 86.6 Å². The van der Waals surface area contributed by atoms with Crippen molar-refractivity contribution in [1.82, 2.24) is 5.32 Å². The van der Waals surface area contributed by atoms with Gasteiger partial charge in [0.2, 0.25) is 0 Å². The van der Waals surface area contributed by atoms with Crippen LogP contribution >= 0.6 is 0 Å². The highest BCUT2D eigenvalue weighted by molar-refractivity contribution is 6.18. The molecule has 5 rings (SSSR count). The third-order valence-corrected chi connectivity index (χ3v) is 6.57. The zero-order valence-corrected chi connectivity index (χ0v) is 17.4. The van der Waals surface area contributed by atoms with Crippen LogP contribution in [0.15, 0.2) is 79.0 Å². The van der Waals surface area contributed by atoms with Crippen molar-refractivity contribution in [1.29, 1.82) is 0 Å². The number of allylic oxidation sites excluding steroid dienone is 1. The second-order valence-corrected chi connectivity index (χ2v) is 8.37. The molecule has 160 valence electrons. The molecule has 5 nitrogen and oxygen atoms in total. The molecule has 3 atom stereocenters. The van der Waals surface area contributed by atoms with E-state index in [0.717, 1.165) is 16.3 Å². The molecule has 0 saturated carbocycles. The lowest BCUT2D eigenvalue weighted by Crippen LogP contribution is -2.49. The lowest BCUT2D eigenvalue weighted by Gasteiger charge is -2.30. The molecule has 0 amide bonds. The monoisotopic (exact) mass is 425 g/mol. The van der Waals surface area contributed by atoms with Crippen molar-refractivity contribution in [3.63, 3.8) is 0 Å². The summed E-state index contributed by atoms with van der Waals surface area (Å²) in [6.45, 7) is 0. The van der Waals surface area contributed by atoms with Crippen LogP contribution < -0.4 is 5.32 Å². The first-order chi connectivity index (χ1) is 15.5. The van der Waals surface area contributed by atoms with E-state index in [0.29, 0.717) is 12.8 Å². The van der Waals surface area contributed by atoms with Crippen molar-refractivity contribution in [3.05, 3.63) is 84.6 Å². The first-order valence-corrected chi connectivity index (χ1v) is 10.7. The van der Waals surface area contributed by atoms with Crippen LogP contribution in [-0.4, -0.2) is 28.2 Å². The Balaban J connectivity index is 1.61. The molecule has 0 bridgehead atoms. The number of rotatable bonds is 5. The van der Waals surface area contributed by atoms with Gasteiger partial charge < -0.3 is 15.5 Å². The normalized spacial score (nSPS) is 20.4. The van der Waals surface area contributed by atoms with Crippen molar-refractivity contribution < 1.29 is 19.8 Å². The summed E-state index contributed by atoms with van der Waals surface area (Å²) in [5, 5.41) is 28.9. The van der Waals surface area contributed by atoms with Crippen LogP contribution in [0.5, 0.6) is 0 Å². The van der Waals surface area contributed by atoms with Gasteiger partial charge in [0.05, 0.1) is 5.92 Å². The van der Waals surface area contributed by atoms with Crippen LogP contribution in [0.4, 0.5) is 0 Å². The number of hydrogen-bond acceptors (Lipinski definition) is 3. The Labute approximate surface area is 185 Å². The lowest BCUT2D eigenvalue weighted by molar-refractivity contribution is -0.152. The Morgan fingerprint density at radius 1 is 0.812 bits per heavy atom. The zero-order chi connectivity index (χ0) is 22.2. The Hall–Kier alpha value is -3.86. The van der Waals surface area contributed by atoms with E-state index in [4.69, 9.17) is 0 Å². The minimum absolute atomic E-state index is 0.369. The van der Waals surface area contributed by atoms with E-state index >= 15 is 0 Å². The van der Waals surface area contributed by atoms with Crippen molar-refractivity contribution in [2.75, 3.05) is 0 Å². The van der Waals surface area contributed by atoms with Gasteiger partial charge >= 0.3 is 11.9 Å². The molecule has 0 spiro atoms. The molecule has 0 saturated heterocycles. The number of hydrogen-bond donors (Lipinski definition) is 3. The molecule has 4 aromatic rings. The highest BCUT2D eigenvalue weighted by Gasteiger charge is 2.40. The second-order valence-electron chi connectivity index (χ2n) is 8.37. The summed E-state index contributed by atoms with van der Waals surface area (Å²) in [5.41, 5.74) is 1.15. The van der Waals surface area contributed by atoms with E-state index < -0.39 is 23.9 Å². The van der Waals surface area contributed by atoms with Gasteiger partial charge in [-0.05, 0) is 62.8 Å². The molecule has 0 aliphatic carbocycles. The van der Waals surface area contributed by atoms with E-state index in [1.807, 2.05) is 24.3 Å². The summed E-state index contributed by atoms with van der Waals surface area (Å²) >= 11 is 0. The minimum Gasteiger partial charge on any atom is -0.481 e. The molecule has 32 heavy (non-hydrogen) atoms. The van der Waals surface area contributed by atoms with E-state index in [-0.39, 0.29) is 5.92 Å². The van der Waals surface area contributed by atoms with Crippen molar-refractivity contribution >= 4 is 44.3 Å². The number of aryl methyl sites for hydroxylation is 1. The van der Waals surface area contributed by atoms with E-state index in [1.54, 1.807) is 12.3 Å². The molecule has 5 heteroatoms. The number of benzene rings is 4. The van der Waals surface area contributed by atoms with Crippen LogP contribution in [0.1, 0.15) is 12.0 Å². The number of carboxylic acids is 2. The molecule has 1 aliphatic rings. The van der Waals surface area contributed by atoms with Gasteiger partial charge in [-0.15, -0.1) is 0 Å². The smallest absolute Gasteiger partial charge is 0.327 e. The molecule has 0 radical (unpaired) electrons. The molecule has 1 aliphatic heterocycles. The summed E-state index contributed by atoms with van der Waals surface area (Å²) in [7, 11) is 0. The second kappa shape index (κ2) is 8.00. The number of carbonyl (C=O) groups is 2. The first kappa shape index (κ1) is 20.1. The van der Waals surface area contributed by atoms with Crippen molar-refractivity contribution in [2.24, 2.45) is 11.8 Å². The van der Waals surface area contributed by atoms with Crippen LogP contribution in [0.3, 0.4) is 0 Å². The average molecular weight is 425 g/mol. The van der Waals surface area contributed by atoms with E-state index in [2.05, 4.69) is 47.8 Å². The Morgan fingerprint density at radius 3 is 2.28 bits per heavy atom. The maximum atomic E-state index is 11.9. The lowest BCUT2D eigenvalue weighted by atomic mass is 9.79. The molecular weight excluding hydrogens is 402 g/mol. The summed E-state index contributed by atoms with van der Waals surface area (Å²) in [6, 6.07) is 21.9. The van der Waals surface area contributed by atoms with Crippen molar-refractivity contribution in [2.45, 2.75) is 18.9 Å². The molecule has 0 aromatic heterocycles. The van der Waals surface area contributed by atoms with Gasteiger partial charge in [0.1, 0.15) is 6.04 Å². The number of fused-ring (bicyclic) bond motifs is 5. The van der Waals surface area contributed by atoms with Crippen molar-refractivity contribution in [3.8, 4) is 0 Å². The van der Waals surface area contributed by atoms with Gasteiger partial charge in [-0.3, -0.25) is 4.79 Å². The SMILES string of the molecule is O=C(O)C1NC=CC(CCc2cc3ccccc3c3ccc4ccccc4c23)C1C(=O)O. The fraction of sp³-hybridized carbons (Fsp3) is 0.185. The summed E-state index contributed by atoms with van der Waals surface area (Å²) in [5.74, 6) is -3.62. The Kier molecular flexibility index (Phi) is 5.02. The predicted octanol–water partition coefficient (Wildman–Crippen LogP) is 4.97.